The van der Waals surface area contributed by atoms with E-state index in [9.17, 15) is 5.11 Å². The van der Waals surface area contributed by atoms with Gasteiger partial charge in [0.2, 0.25) is 0 Å². The molecule has 2 N–H and O–H groups in total. The van der Waals surface area contributed by atoms with Crippen LogP contribution in [0.1, 0.15) is 25.8 Å². The van der Waals surface area contributed by atoms with Crippen molar-refractivity contribution in [1.29, 1.82) is 0 Å². The topological polar surface area (TPSA) is 35.5 Å². The molecule has 0 aliphatic carbocycles. The van der Waals surface area contributed by atoms with Gasteiger partial charge in [0.15, 0.2) is 0 Å². The molecule has 1 aromatic rings. The standard InChI is InChI=1S/C15H26N2O/c1-5-15(2,12-18)11-16-14-8-6-7-13(9-14)10-17(3)4/h6-9,16,18H,5,10-12H2,1-4H3. The van der Waals surface area contributed by atoms with Gasteiger partial charge in [-0.25, -0.2) is 0 Å². The fourth-order valence-electron chi connectivity index (χ4n) is 1.75. The Kier molecular flexibility index (Phi) is 5.63. The number of aliphatic hydroxyl groups excluding tert-OH is 1. The van der Waals surface area contributed by atoms with Gasteiger partial charge < -0.3 is 15.3 Å². The summed E-state index contributed by atoms with van der Waals surface area (Å²) in [5.74, 6) is 0. The van der Waals surface area contributed by atoms with Crippen LogP contribution in [-0.4, -0.2) is 37.3 Å². The number of benzene rings is 1. The van der Waals surface area contributed by atoms with Crippen molar-refractivity contribution >= 4 is 5.69 Å². The van der Waals surface area contributed by atoms with Crippen LogP contribution in [0.25, 0.3) is 0 Å². The van der Waals surface area contributed by atoms with Crippen molar-refractivity contribution in [3.63, 3.8) is 0 Å². The number of hydrogen-bond donors (Lipinski definition) is 2. The molecule has 3 heteroatoms. The normalized spacial score (nSPS) is 14.6. The van der Waals surface area contributed by atoms with Crippen LogP contribution in [0, 0.1) is 5.41 Å². The molecule has 1 unspecified atom stereocenters. The lowest BCUT2D eigenvalue weighted by atomic mass is 9.88. The predicted octanol–water partition coefficient (Wildman–Crippen LogP) is 2.57. The smallest absolute Gasteiger partial charge is 0.0501 e. The molecule has 3 nitrogen and oxygen atoms in total. The lowest BCUT2D eigenvalue weighted by Crippen LogP contribution is -2.29. The van der Waals surface area contributed by atoms with E-state index in [1.807, 2.05) is 0 Å². The van der Waals surface area contributed by atoms with Crippen molar-refractivity contribution in [2.45, 2.75) is 26.8 Å². The van der Waals surface area contributed by atoms with E-state index < -0.39 is 0 Å². The molecular formula is C15H26N2O. The zero-order valence-electron chi connectivity index (χ0n) is 12.0. The predicted molar refractivity (Wildman–Crippen MR) is 77.8 cm³/mol. The molecule has 0 aliphatic heterocycles. The van der Waals surface area contributed by atoms with Gasteiger partial charge >= 0.3 is 0 Å². The summed E-state index contributed by atoms with van der Waals surface area (Å²) in [5.41, 5.74) is 2.38. The van der Waals surface area contributed by atoms with Gasteiger partial charge in [0.25, 0.3) is 0 Å². The number of nitrogens with one attached hydrogen (secondary N) is 1. The van der Waals surface area contributed by atoms with E-state index in [1.165, 1.54) is 5.56 Å². The fraction of sp³-hybridized carbons (Fsp3) is 0.600. The molecule has 102 valence electrons. The third kappa shape index (κ3) is 4.67. The maximum absolute atomic E-state index is 9.39. The molecular weight excluding hydrogens is 224 g/mol. The highest BCUT2D eigenvalue weighted by Gasteiger charge is 2.20. The van der Waals surface area contributed by atoms with E-state index in [2.05, 4.69) is 62.4 Å². The first-order valence-corrected chi connectivity index (χ1v) is 6.57. The van der Waals surface area contributed by atoms with E-state index in [-0.39, 0.29) is 12.0 Å². The highest BCUT2D eigenvalue weighted by molar-refractivity contribution is 5.45. The second-order valence-corrected chi connectivity index (χ2v) is 5.61. The summed E-state index contributed by atoms with van der Waals surface area (Å²) in [5, 5.41) is 12.8. The lowest BCUT2D eigenvalue weighted by molar-refractivity contribution is 0.149. The molecule has 1 atom stereocenters. The van der Waals surface area contributed by atoms with Crippen LogP contribution < -0.4 is 5.32 Å². The van der Waals surface area contributed by atoms with E-state index in [0.29, 0.717) is 0 Å². The van der Waals surface area contributed by atoms with Crippen molar-refractivity contribution < 1.29 is 5.11 Å². The first-order chi connectivity index (χ1) is 8.49. The summed E-state index contributed by atoms with van der Waals surface area (Å²) in [4.78, 5) is 2.16. The first kappa shape index (κ1) is 15.0. The highest BCUT2D eigenvalue weighted by atomic mass is 16.3. The van der Waals surface area contributed by atoms with Crippen LogP contribution >= 0.6 is 0 Å². The summed E-state index contributed by atoms with van der Waals surface area (Å²) < 4.78 is 0. The Balaban J connectivity index is 2.62. The molecule has 0 fully saturated rings. The lowest BCUT2D eigenvalue weighted by Gasteiger charge is -2.26. The minimum Gasteiger partial charge on any atom is -0.396 e. The third-order valence-electron chi connectivity index (χ3n) is 3.38. The number of aliphatic hydroxyl groups is 1. The molecule has 0 amide bonds. The fourth-order valence-corrected chi connectivity index (χ4v) is 1.75. The van der Waals surface area contributed by atoms with Gasteiger partial charge in [-0.3, -0.25) is 0 Å². The van der Waals surface area contributed by atoms with Crippen LogP contribution in [0.5, 0.6) is 0 Å². The third-order valence-corrected chi connectivity index (χ3v) is 3.38. The van der Waals surface area contributed by atoms with E-state index in [1.54, 1.807) is 0 Å². The molecule has 18 heavy (non-hydrogen) atoms. The average Bonchev–Trinajstić information content (AvgIpc) is 2.36. The SMILES string of the molecule is CCC(C)(CO)CNc1cccc(CN(C)C)c1. The van der Waals surface area contributed by atoms with Crippen LogP contribution in [0.3, 0.4) is 0 Å². The number of hydrogen-bond acceptors (Lipinski definition) is 3. The molecule has 0 bridgehead atoms. The average molecular weight is 250 g/mol. The maximum Gasteiger partial charge on any atom is 0.0501 e. The maximum atomic E-state index is 9.39. The zero-order chi connectivity index (χ0) is 13.6. The molecule has 0 saturated heterocycles. The summed E-state index contributed by atoms with van der Waals surface area (Å²) in [6.45, 7) is 6.17. The van der Waals surface area contributed by atoms with Crippen molar-refractivity contribution in [3.8, 4) is 0 Å². The van der Waals surface area contributed by atoms with Gasteiger partial charge in [-0.2, -0.15) is 0 Å². The van der Waals surface area contributed by atoms with E-state index >= 15 is 0 Å². The molecule has 0 aromatic heterocycles. The Hall–Kier alpha value is -1.06. The molecule has 0 heterocycles. The van der Waals surface area contributed by atoms with Gasteiger partial charge in [0, 0.05) is 24.2 Å². The van der Waals surface area contributed by atoms with Gasteiger partial charge in [0.05, 0.1) is 6.61 Å². The van der Waals surface area contributed by atoms with Crippen molar-refractivity contribution in [2.75, 3.05) is 32.6 Å². The minimum absolute atomic E-state index is 0.0441. The molecule has 0 saturated carbocycles. The van der Waals surface area contributed by atoms with Crippen LogP contribution in [0.2, 0.25) is 0 Å². The second kappa shape index (κ2) is 6.76. The highest BCUT2D eigenvalue weighted by Crippen LogP contribution is 2.21. The summed E-state index contributed by atoms with van der Waals surface area (Å²) in [7, 11) is 4.14. The molecule has 0 radical (unpaired) electrons. The summed E-state index contributed by atoms with van der Waals surface area (Å²) in [6.07, 6.45) is 0.966. The van der Waals surface area contributed by atoms with Gasteiger partial charge in [-0.15, -0.1) is 0 Å². The monoisotopic (exact) mass is 250 g/mol. The number of nitrogens with zero attached hydrogens (tertiary/aromatic N) is 1. The Morgan fingerprint density at radius 3 is 2.61 bits per heavy atom. The number of anilines is 1. The van der Waals surface area contributed by atoms with Crippen molar-refractivity contribution in [1.82, 2.24) is 4.90 Å². The Morgan fingerprint density at radius 1 is 1.33 bits per heavy atom. The zero-order valence-corrected chi connectivity index (χ0v) is 12.0. The molecule has 1 rings (SSSR count). The first-order valence-electron chi connectivity index (χ1n) is 6.57. The Labute approximate surface area is 111 Å². The van der Waals surface area contributed by atoms with Crippen molar-refractivity contribution in [2.24, 2.45) is 5.41 Å². The molecule has 0 aliphatic rings. The van der Waals surface area contributed by atoms with Crippen LogP contribution in [0.15, 0.2) is 24.3 Å². The van der Waals surface area contributed by atoms with Crippen LogP contribution in [-0.2, 0) is 6.54 Å². The van der Waals surface area contributed by atoms with E-state index in [4.69, 9.17) is 0 Å². The molecule has 1 aromatic carbocycles. The molecule has 0 spiro atoms. The minimum atomic E-state index is -0.0441. The van der Waals surface area contributed by atoms with Gasteiger partial charge in [-0.1, -0.05) is 26.0 Å². The summed E-state index contributed by atoms with van der Waals surface area (Å²) >= 11 is 0. The quantitative estimate of drug-likeness (QED) is 0.780. The summed E-state index contributed by atoms with van der Waals surface area (Å²) in [6, 6.07) is 8.46. The van der Waals surface area contributed by atoms with Gasteiger partial charge in [0.1, 0.15) is 0 Å². The second-order valence-electron chi connectivity index (χ2n) is 5.61. The van der Waals surface area contributed by atoms with Crippen LogP contribution in [0.4, 0.5) is 5.69 Å². The Morgan fingerprint density at radius 2 is 2.06 bits per heavy atom. The Bertz CT molecular complexity index is 359. The van der Waals surface area contributed by atoms with Gasteiger partial charge in [-0.05, 0) is 38.2 Å². The van der Waals surface area contributed by atoms with Crippen molar-refractivity contribution in [3.05, 3.63) is 29.8 Å². The number of rotatable bonds is 7. The largest absolute Gasteiger partial charge is 0.396 e. The van der Waals surface area contributed by atoms with E-state index in [0.717, 1.165) is 25.2 Å².